The van der Waals surface area contributed by atoms with Gasteiger partial charge in [-0.2, -0.15) is 0 Å². The summed E-state index contributed by atoms with van der Waals surface area (Å²) in [4.78, 5) is 0. The van der Waals surface area contributed by atoms with Crippen molar-refractivity contribution < 1.29 is 0 Å². The van der Waals surface area contributed by atoms with Crippen molar-refractivity contribution in [3.8, 4) is 5.69 Å². The van der Waals surface area contributed by atoms with Crippen molar-refractivity contribution in [1.82, 2.24) is 15.2 Å². The van der Waals surface area contributed by atoms with Crippen molar-refractivity contribution in [3.63, 3.8) is 0 Å². The number of hydrogen-bond donors (Lipinski definition) is 2. The molecule has 8 rings (SSSR count). The summed E-state index contributed by atoms with van der Waals surface area (Å²) in [6, 6.07) is 29.4. The largest absolute Gasteiger partial charge is 0.384 e. The van der Waals surface area contributed by atoms with E-state index in [1.165, 1.54) is 60.7 Å². The van der Waals surface area contributed by atoms with Crippen molar-refractivity contribution >= 4 is 38.2 Å². The maximum absolute atomic E-state index is 3.52. The molecular weight excluding hydrogens is 498 g/mol. The average Bonchev–Trinajstić information content (AvgIpc) is 3.40. The fraction of sp³-hybridized carbons (Fsp3) is 0.105. The first-order chi connectivity index (χ1) is 20.3. The number of rotatable bonds is 4. The standard InChI is InChI=1S/C38H31N3/c1-2-8-31(9-3-1)41-37-25-30(36-11-5-7-23-40-36)18-20-33(37)34-21-17-29-24-28(16-19-32(29)38(34)41)26-12-14-27(15-13-26)35-10-4-6-22-39-35/h1-14,16-21,23-25,27,36,39-40H,15,22H2. The number of aromatic nitrogens is 1. The third-order valence-electron chi connectivity index (χ3n) is 8.60. The van der Waals surface area contributed by atoms with E-state index < -0.39 is 0 Å². The van der Waals surface area contributed by atoms with Crippen LogP contribution in [0.1, 0.15) is 23.6 Å². The van der Waals surface area contributed by atoms with Gasteiger partial charge in [0.1, 0.15) is 0 Å². The van der Waals surface area contributed by atoms with E-state index in [9.17, 15) is 0 Å². The Balaban J connectivity index is 1.26. The van der Waals surface area contributed by atoms with Crippen LogP contribution in [0.15, 0.2) is 145 Å². The van der Waals surface area contributed by atoms with Gasteiger partial charge >= 0.3 is 0 Å². The molecule has 3 heteroatoms. The fourth-order valence-corrected chi connectivity index (χ4v) is 6.52. The molecule has 198 valence electrons. The molecule has 2 N–H and O–H groups in total. The van der Waals surface area contributed by atoms with Gasteiger partial charge in [-0.3, -0.25) is 0 Å². The van der Waals surface area contributed by atoms with Gasteiger partial charge in [0.05, 0.1) is 17.1 Å². The first-order valence-corrected chi connectivity index (χ1v) is 14.5. The second-order valence-electron chi connectivity index (χ2n) is 11.0. The summed E-state index contributed by atoms with van der Waals surface area (Å²) in [7, 11) is 0. The normalized spacial score (nSPS) is 19.8. The molecule has 0 fully saturated rings. The van der Waals surface area contributed by atoms with Gasteiger partial charge < -0.3 is 15.2 Å². The molecule has 2 atom stereocenters. The highest BCUT2D eigenvalue weighted by atomic mass is 15.0. The average molecular weight is 530 g/mol. The van der Waals surface area contributed by atoms with Crippen LogP contribution in [0.5, 0.6) is 0 Å². The number of para-hydroxylation sites is 1. The van der Waals surface area contributed by atoms with Crippen LogP contribution in [0.2, 0.25) is 0 Å². The smallest absolute Gasteiger partial charge is 0.0696 e. The molecule has 0 spiro atoms. The molecule has 0 amide bonds. The predicted octanol–water partition coefficient (Wildman–Crippen LogP) is 8.65. The van der Waals surface area contributed by atoms with Crippen LogP contribution >= 0.6 is 0 Å². The summed E-state index contributed by atoms with van der Waals surface area (Å²) in [5.74, 6) is 0.422. The van der Waals surface area contributed by atoms with E-state index in [1.54, 1.807) is 0 Å². The van der Waals surface area contributed by atoms with Gasteiger partial charge in [0.25, 0.3) is 0 Å². The minimum absolute atomic E-state index is 0.170. The Morgan fingerprint density at radius 3 is 2.49 bits per heavy atom. The topological polar surface area (TPSA) is 29.0 Å². The zero-order valence-corrected chi connectivity index (χ0v) is 22.8. The predicted molar refractivity (Wildman–Crippen MR) is 173 cm³/mol. The number of benzene rings is 4. The van der Waals surface area contributed by atoms with Crippen molar-refractivity contribution in [2.24, 2.45) is 5.92 Å². The van der Waals surface area contributed by atoms with Crippen molar-refractivity contribution in [1.29, 1.82) is 0 Å². The van der Waals surface area contributed by atoms with Crippen LogP contribution < -0.4 is 10.6 Å². The molecule has 5 aromatic rings. The summed E-state index contributed by atoms with van der Waals surface area (Å²) >= 11 is 0. The van der Waals surface area contributed by atoms with Crippen LogP contribution in [0.4, 0.5) is 0 Å². The molecule has 0 saturated carbocycles. The van der Waals surface area contributed by atoms with Crippen molar-refractivity contribution in [2.75, 3.05) is 6.54 Å². The molecule has 1 aliphatic carbocycles. The third-order valence-corrected chi connectivity index (χ3v) is 8.60. The van der Waals surface area contributed by atoms with E-state index in [4.69, 9.17) is 0 Å². The maximum Gasteiger partial charge on any atom is 0.0696 e. The lowest BCUT2D eigenvalue weighted by molar-refractivity contribution is 0.680. The van der Waals surface area contributed by atoms with Crippen LogP contribution in [0, 0.1) is 5.92 Å². The number of fused-ring (bicyclic) bond motifs is 5. The van der Waals surface area contributed by atoms with Crippen LogP contribution in [-0.4, -0.2) is 11.1 Å². The maximum atomic E-state index is 3.52. The molecule has 4 aromatic carbocycles. The summed E-state index contributed by atoms with van der Waals surface area (Å²) in [5, 5.41) is 12.1. The van der Waals surface area contributed by atoms with Gasteiger partial charge in [0.15, 0.2) is 0 Å². The Morgan fingerprint density at radius 1 is 0.780 bits per heavy atom. The Hall–Kier alpha value is -5.02. The molecule has 1 aromatic heterocycles. The van der Waals surface area contributed by atoms with E-state index in [2.05, 4.69) is 143 Å². The molecule has 3 aliphatic rings. The van der Waals surface area contributed by atoms with Crippen molar-refractivity contribution in [3.05, 3.63) is 157 Å². The molecule has 0 saturated heterocycles. The second kappa shape index (κ2) is 9.87. The fourth-order valence-electron chi connectivity index (χ4n) is 6.52. The monoisotopic (exact) mass is 529 g/mol. The van der Waals surface area contributed by atoms with E-state index >= 15 is 0 Å². The summed E-state index contributed by atoms with van der Waals surface area (Å²) in [6.45, 7) is 0.915. The lowest BCUT2D eigenvalue weighted by atomic mass is 9.89. The zero-order valence-electron chi connectivity index (χ0n) is 22.8. The second-order valence-corrected chi connectivity index (χ2v) is 11.0. The quantitative estimate of drug-likeness (QED) is 0.244. The van der Waals surface area contributed by atoms with Gasteiger partial charge in [-0.05, 0) is 71.1 Å². The molecule has 3 nitrogen and oxygen atoms in total. The number of allylic oxidation sites excluding steroid dienone is 8. The van der Waals surface area contributed by atoms with Crippen molar-refractivity contribution in [2.45, 2.75) is 12.5 Å². The van der Waals surface area contributed by atoms with Gasteiger partial charge in [-0.1, -0.05) is 97.1 Å². The molecule has 2 unspecified atom stereocenters. The lowest BCUT2D eigenvalue weighted by Gasteiger charge is -2.22. The van der Waals surface area contributed by atoms with Crippen LogP contribution in [-0.2, 0) is 0 Å². The molecule has 0 bridgehead atoms. The third kappa shape index (κ3) is 4.13. The highest BCUT2D eigenvalue weighted by Crippen LogP contribution is 2.39. The van der Waals surface area contributed by atoms with Gasteiger partial charge in [-0.25, -0.2) is 0 Å². The molecule has 0 radical (unpaired) electrons. The summed E-state index contributed by atoms with van der Waals surface area (Å²) in [6.07, 6.45) is 22.9. The molecular formula is C38H31N3. The highest BCUT2D eigenvalue weighted by molar-refractivity contribution is 6.19. The molecule has 41 heavy (non-hydrogen) atoms. The SMILES string of the molecule is C1=CCNC(C2C=CC(c3ccc4c(ccc5c6ccc(C7C=CC=CN7)cc6n(-c6ccccc6)c45)c3)=CC2)=C1. The first kappa shape index (κ1) is 23.8. The minimum atomic E-state index is 0.170. The van der Waals surface area contributed by atoms with Gasteiger partial charge in [-0.15, -0.1) is 0 Å². The van der Waals surface area contributed by atoms with Crippen LogP contribution in [0.25, 0.3) is 43.8 Å². The zero-order chi connectivity index (χ0) is 27.2. The molecule has 3 heterocycles. The molecule has 2 aliphatic heterocycles. The Morgan fingerprint density at radius 2 is 1.68 bits per heavy atom. The van der Waals surface area contributed by atoms with E-state index in [1.807, 2.05) is 12.3 Å². The Bertz CT molecular complexity index is 2000. The van der Waals surface area contributed by atoms with Gasteiger partial charge in [0, 0.05) is 40.0 Å². The highest BCUT2D eigenvalue weighted by Gasteiger charge is 2.19. The number of dihydropyridines is 2. The van der Waals surface area contributed by atoms with Gasteiger partial charge in [0.2, 0.25) is 0 Å². The van der Waals surface area contributed by atoms with E-state index in [0.717, 1.165) is 13.0 Å². The summed E-state index contributed by atoms with van der Waals surface area (Å²) in [5.41, 5.74) is 8.80. The van der Waals surface area contributed by atoms with Crippen LogP contribution in [0.3, 0.4) is 0 Å². The number of hydrogen-bond acceptors (Lipinski definition) is 2. The Labute approximate surface area is 240 Å². The minimum Gasteiger partial charge on any atom is -0.384 e. The summed E-state index contributed by atoms with van der Waals surface area (Å²) < 4.78 is 2.45. The Kier molecular flexibility index (Phi) is 5.74. The first-order valence-electron chi connectivity index (χ1n) is 14.5. The number of nitrogens with one attached hydrogen (secondary N) is 2. The van der Waals surface area contributed by atoms with E-state index in [-0.39, 0.29) is 6.04 Å². The number of nitrogens with zero attached hydrogens (tertiary/aromatic N) is 1. The van der Waals surface area contributed by atoms with E-state index in [0.29, 0.717) is 5.92 Å². The lowest BCUT2D eigenvalue weighted by Crippen LogP contribution is -2.21.